The summed E-state index contributed by atoms with van der Waals surface area (Å²) in [6, 6.07) is 21.3. The molecule has 1 N–H and O–H groups in total. The zero-order valence-corrected chi connectivity index (χ0v) is 17.2. The fourth-order valence-electron chi connectivity index (χ4n) is 3.15. The average molecular weight is 455 g/mol. The lowest BCUT2D eigenvalue weighted by atomic mass is 10.1. The van der Waals surface area contributed by atoms with Crippen LogP contribution in [0.5, 0.6) is 0 Å². The molecule has 0 spiro atoms. The normalized spacial score (nSPS) is 13.0. The van der Waals surface area contributed by atoms with Crippen LogP contribution in [0.1, 0.15) is 27.0 Å². The molecule has 140 valence electrons. The third kappa shape index (κ3) is 4.26. The molecule has 3 aromatic carbocycles. The number of amides is 1. The van der Waals surface area contributed by atoms with Crippen molar-refractivity contribution in [1.29, 1.82) is 0 Å². The molecule has 4 rings (SSSR count). The summed E-state index contributed by atoms with van der Waals surface area (Å²) in [5, 5.41) is 4.77. The molecule has 0 radical (unpaired) electrons. The number of nitrogens with one attached hydrogen (secondary N) is 1. The van der Waals surface area contributed by atoms with E-state index in [4.69, 9.17) is 11.6 Å². The quantitative estimate of drug-likeness (QED) is 0.424. The number of fused-ring (bicyclic) bond motifs is 1. The van der Waals surface area contributed by atoms with Crippen molar-refractivity contribution in [2.75, 3.05) is 4.90 Å². The first-order chi connectivity index (χ1) is 13.6. The molecule has 28 heavy (non-hydrogen) atoms. The standard InChI is InChI=1S/C22H17BrClN3O/c23-19-5-1-15(2-6-19)12-25-26-22(28)16-3-4-17-13-27(14-18(17)11-16)21-9-7-20(24)8-10-21/h1-12H,13-14H2,(H,26,28)/b25-12+. The number of halogens is 2. The molecule has 0 aromatic heterocycles. The lowest BCUT2D eigenvalue weighted by Gasteiger charge is -2.17. The predicted octanol–water partition coefficient (Wildman–Crippen LogP) is 5.39. The fraction of sp³-hybridized carbons (Fsp3) is 0.0909. The van der Waals surface area contributed by atoms with Crippen LogP contribution in [0.2, 0.25) is 5.02 Å². The van der Waals surface area contributed by atoms with E-state index in [0.717, 1.165) is 39.4 Å². The van der Waals surface area contributed by atoms with Gasteiger partial charge in [-0.2, -0.15) is 5.10 Å². The van der Waals surface area contributed by atoms with Gasteiger partial charge in [0.15, 0.2) is 0 Å². The van der Waals surface area contributed by atoms with Gasteiger partial charge in [0.1, 0.15) is 0 Å². The molecule has 4 nitrogen and oxygen atoms in total. The van der Waals surface area contributed by atoms with Crippen molar-refractivity contribution < 1.29 is 4.79 Å². The maximum Gasteiger partial charge on any atom is 0.271 e. The minimum Gasteiger partial charge on any atom is -0.363 e. The van der Waals surface area contributed by atoms with Gasteiger partial charge in [-0.15, -0.1) is 0 Å². The van der Waals surface area contributed by atoms with Gasteiger partial charge < -0.3 is 4.90 Å². The van der Waals surface area contributed by atoms with Crippen molar-refractivity contribution >= 4 is 45.3 Å². The first-order valence-corrected chi connectivity index (χ1v) is 9.97. The van der Waals surface area contributed by atoms with Gasteiger partial charge in [-0.05, 0) is 65.2 Å². The third-order valence-corrected chi connectivity index (χ3v) is 5.41. The summed E-state index contributed by atoms with van der Waals surface area (Å²) in [7, 11) is 0. The van der Waals surface area contributed by atoms with Crippen LogP contribution in [0, 0.1) is 0 Å². The maximum absolute atomic E-state index is 12.4. The fourth-order valence-corrected chi connectivity index (χ4v) is 3.54. The van der Waals surface area contributed by atoms with Crippen molar-refractivity contribution in [1.82, 2.24) is 5.43 Å². The van der Waals surface area contributed by atoms with Gasteiger partial charge >= 0.3 is 0 Å². The minimum absolute atomic E-state index is 0.221. The number of hydrogen-bond donors (Lipinski definition) is 1. The Kier molecular flexibility index (Phi) is 5.46. The van der Waals surface area contributed by atoms with Crippen LogP contribution in [-0.4, -0.2) is 12.1 Å². The molecule has 0 unspecified atom stereocenters. The van der Waals surface area contributed by atoms with Crippen LogP contribution < -0.4 is 10.3 Å². The second-order valence-corrected chi connectivity index (χ2v) is 7.92. The van der Waals surface area contributed by atoms with Crippen molar-refractivity contribution in [3.05, 3.63) is 98.5 Å². The number of nitrogens with zero attached hydrogens (tertiary/aromatic N) is 2. The first-order valence-electron chi connectivity index (χ1n) is 8.80. The number of carbonyl (C=O) groups is 1. The van der Waals surface area contributed by atoms with Crippen LogP contribution in [0.25, 0.3) is 0 Å². The Morgan fingerprint density at radius 3 is 2.46 bits per heavy atom. The van der Waals surface area contributed by atoms with Crippen LogP contribution >= 0.6 is 27.5 Å². The molecule has 6 heteroatoms. The van der Waals surface area contributed by atoms with Gasteiger partial charge in [0.2, 0.25) is 0 Å². The highest BCUT2D eigenvalue weighted by Gasteiger charge is 2.20. The van der Waals surface area contributed by atoms with Crippen LogP contribution in [0.4, 0.5) is 5.69 Å². The molecular weight excluding hydrogens is 438 g/mol. The molecule has 0 aliphatic carbocycles. The molecule has 0 fully saturated rings. The van der Waals surface area contributed by atoms with Gasteiger partial charge in [-0.3, -0.25) is 4.79 Å². The number of rotatable bonds is 4. The monoisotopic (exact) mass is 453 g/mol. The molecule has 1 aliphatic heterocycles. The summed E-state index contributed by atoms with van der Waals surface area (Å²) >= 11 is 9.36. The van der Waals surface area contributed by atoms with E-state index in [0.29, 0.717) is 5.56 Å². The summed E-state index contributed by atoms with van der Waals surface area (Å²) in [5.41, 5.74) is 7.60. The summed E-state index contributed by atoms with van der Waals surface area (Å²) in [6.45, 7) is 1.58. The maximum atomic E-state index is 12.4. The van der Waals surface area contributed by atoms with Gasteiger partial charge in [0.25, 0.3) is 5.91 Å². The molecule has 1 aliphatic rings. The highest BCUT2D eigenvalue weighted by Crippen LogP contribution is 2.29. The Morgan fingerprint density at radius 2 is 1.71 bits per heavy atom. The zero-order chi connectivity index (χ0) is 19.5. The highest BCUT2D eigenvalue weighted by atomic mass is 79.9. The van der Waals surface area contributed by atoms with Crippen molar-refractivity contribution in [3.63, 3.8) is 0 Å². The van der Waals surface area contributed by atoms with Gasteiger partial charge in [-0.25, -0.2) is 5.43 Å². The van der Waals surface area contributed by atoms with E-state index in [-0.39, 0.29) is 5.91 Å². The Hall–Kier alpha value is -2.63. The van der Waals surface area contributed by atoms with Gasteiger partial charge in [0.05, 0.1) is 6.21 Å². The Bertz CT molecular complexity index is 1030. The van der Waals surface area contributed by atoms with E-state index < -0.39 is 0 Å². The third-order valence-electron chi connectivity index (χ3n) is 4.63. The number of hydrogen-bond acceptors (Lipinski definition) is 3. The number of carbonyl (C=O) groups excluding carboxylic acids is 1. The van der Waals surface area contributed by atoms with Crippen LogP contribution in [-0.2, 0) is 13.1 Å². The molecular formula is C22H17BrClN3O. The summed E-state index contributed by atoms with van der Waals surface area (Å²) < 4.78 is 1.000. The Morgan fingerprint density at radius 1 is 1.00 bits per heavy atom. The first kappa shape index (κ1) is 18.7. The van der Waals surface area contributed by atoms with E-state index in [1.165, 1.54) is 5.56 Å². The molecule has 3 aromatic rings. The summed E-state index contributed by atoms with van der Waals surface area (Å²) in [5.74, 6) is -0.221. The highest BCUT2D eigenvalue weighted by molar-refractivity contribution is 9.10. The smallest absolute Gasteiger partial charge is 0.271 e. The molecule has 1 amide bonds. The Labute approximate surface area is 177 Å². The molecule has 1 heterocycles. The number of anilines is 1. The predicted molar refractivity (Wildman–Crippen MR) is 117 cm³/mol. The molecule has 0 atom stereocenters. The van der Waals surface area contributed by atoms with Crippen molar-refractivity contribution in [3.8, 4) is 0 Å². The second kappa shape index (κ2) is 8.17. The largest absolute Gasteiger partial charge is 0.363 e. The van der Waals surface area contributed by atoms with Gasteiger partial charge in [-0.1, -0.05) is 45.7 Å². The van der Waals surface area contributed by atoms with Gasteiger partial charge in [0, 0.05) is 33.8 Å². The Balaban J connectivity index is 1.42. The van der Waals surface area contributed by atoms with Crippen LogP contribution in [0.15, 0.2) is 76.3 Å². The van der Waals surface area contributed by atoms with Crippen LogP contribution in [0.3, 0.4) is 0 Å². The lowest BCUT2D eigenvalue weighted by Crippen LogP contribution is -2.17. The van der Waals surface area contributed by atoms with E-state index in [2.05, 4.69) is 31.4 Å². The summed E-state index contributed by atoms with van der Waals surface area (Å²) in [4.78, 5) is 14.7. The molecule has 0 saturated carbocycles. The van der Waals surface area contributed by atoms with Crippen molar-refractivity contribution in [2.24, 2.45) is 5.10 Å². The summed E-state index contributed by atoms with van der Waals surface area (Å²) in [6.07, 6.45) is 1.62. The van der Waals surface area contributed by atoms with E-state index in [9.17, 15) is 4.79 Å². The topological polar surface area (TPSA) is 44.7 Å². The molecule has 0 saturated heterocycles. The van der Waals surface area contributed by atoms with Crippen molar-refractivity contribution in [2.45, 2.75) is 13.1 Å². The lowest BCUT2D eigenvalue weighted by molar-refractivity contribution is 0.0955. The van der Waals surface area contributed by atoms with E-state index >= 15 is 0 Å². The second-order valence-electron chi connectivity index (χ2n) is 6.57. The zero-order valence-electron chi connectivity index (χ0n) is 14.9. The van der Waals surface area contributed by atoms with E-state index in [1.807, 2.05) is 66.7 Å². The average Bonchev–Trinajstić information content (AvgIpc) is 3.13. The molecule has 0 bridgehead atoms. The number of benzene rings is 3. The SMILES string of the molecule is O=C(N/N=C/c1ccc(Br)cc1)c1ccc2c(c1)CN(c1ccc(Cl)cc1)C2. The minimum atomic E-state index is -0.221. The number of hydrazone groups is 1. The van der Waals surface area contributed by atoms with E-state index in [1.54, 1.807) is 6.21 Å².